The topological polar surface area (TPSA) is 81.6 Å². The number of nitrogens with zero attached hydrogens (tertiary/aromatic N) is 1. The average Bonchev–Trinajstić information content (AvgIpc) is 2.91. The molecule has 5 nitrogen and oxygen atoms in total. The molecule has 1 fully saturated rings. The van der Waals surface area contributed by atoms with Crippen LogP contribution in [0.25, 0.3) is 6.08 Å². The molecular weight excluding hydrogens is 336 g/mol. The van der Waals surface area contributed by atoms with E-state index in [9.17, 15) is 14.7 Å². The van der Waals surface area contributed by atoms with E-state index in [1.165, 1.54) is 23.9 Å². The second-order valence-corrected chi connectivity index (χ2v) is 6.66. The number of rotatable bonds is 3. The van der Waals surface area contributed by atoms with Crippen molar-refractivity contribution in [3.05, 3.63) is 69.6 Å². The van der Waals surface area contributed by atoms with E-state index < -0.39 is 5.97 Å². The summed E-state index contributed by atoms with van der Waals surface area (Å²) in [5.74, 6) is -1.45. The van der Waals surface area contributed by atoms with Crippen molar-refractivity contribution in [2.45, 2.75) is 13.8 Å². The second-order valence-electron chi connectivity index (χ2n) is 5.63. The molecule has 0 bridgehead atoms. The number of nitrogens with one attached hydrogen (secondary N) is 1. The molecule has 1 aliphatic rings. The number of amides is 1. The van der Waals surface area contributed by atoms with Crippen molar-refractivity contribution in [3.63, 3.8) is 0 Å². The van der Waals surface area contributed by atoms with Crippen LogP contribution in [0.15, 0.2) is 52.4 Å². The molecule has 126 valence electrons. The molecule has 0 unspecified atom stereocenters. The van der Waals surface area contributed by atoms with E-state index in [2.05, 4.69) is 10.3 Å². The van der Waals surface area contributed by atoms with E-state index in [0.29, 0.717) is 10.1 Å². The van der Waals surface area contributed by atoms with Gasteiger partial charge in [-0.2, -0.15) is 0 Å². The lowest BCUT2D eigenvalue weighted by Gasteiger charge is -2.04. The van der Waals surface area contributed by atoms with Gasteiger partial charge in [0.05, 0.1) is 16.6 Å². The quantitative estimate of drug-likeness (QED) is 0.862. The summed E-state index contributed by atoms with van der Waals surface area (Å²) in [5.41, 5.74) is 3.76. The Hall–Kier alpha value is -2.86. The number of benzene rings is 2. The Kier molecular flexibility index (Phi) is 4.72. The zero-order valence-electron chi connectivity index (χ0n) is 13.7. The number of carboxylic acids is 1. The number of carbonyl (C=O) groups excluding carboxylic acids is 2. The highest BCUT2D eigenvalue weighted by Crippen LogP contribution is 2.30. The molecule has 2 aromatic carbocycles. The molecule has 2 aromatic rings. The molecule has 6 heteroatoms. The Labute approximate surface area is 149 Å². The van der Waals surface area contributed by atoms with Gasteiger partial charge in [-0.25, -0.2) is 4.99 Å². The fraction of sp³-hybridized carbons (Fsp3) is 0.105. The number of amidine groups is 1. The summed E-state index contributed by atoms with van der Waals surface area (Å²) >= 11 is 1.26. The van der Waals surface area contributed by atoms with Crippen LogP contribution in [0.1, 0.15) is 27.0 Å². The zero-order valence-corrected chi connectivity index (χ0v) is 14.5. The van der Waals surface area contributed by atoms with Gasteiger partial charge in [-0.15, -0.1) is 0 Å². The molecule has 1 N–H and O–H groups in total. The van der Waals surface area contributed by atoms with Crippen molar-refractivity contribution in [2.75, 3.05) is 0 Å². The number of aliphatic imine (C=N–C) groups is 1. The molecular formula is C19H15N2O3S-. The maximum Gasteiger partial charge on any atom is 0.264 e. The van der Waals surface area contributed by atoms with Crippen molar-refractivity contribution in [1.82, 2.24) is 5.32 Å². The van der Waals surface area contributed by atoms with E-state index >= 15 is 0 Å². The fourth-order valence-electron chi connectivity index (χ4n) is 2.43. The molecule has 0 spiro atoms. The van der Waals surface area contributed by atoms with Crippen LogP contribution in [0.5, 0.6) is 0 Å². The standard InChI is InChI=1S/C19H16N2O3S/c1-11-4-3-5-12(2)16(11)20-19-21-17(22)15(25-19)10-13-6-8-14(9-7-13)18(23)24/h3-10H,1-2H3,(H,23,24)(H,20,21,22)/p-1/b15-10+. The molecule has 1 aliphatic heterocycles. The van der Waals surface area contributed by atoms with E-state index in [1.807, 2.05) is 32.0 Å². The summed E-state index contributed by atoms with van der Waals surface area (Å²) in [6, 6.07) is 12.1. The number of carboxylic acid groups (broad SMARTS) is 1. The van der Waals surface area contributed by atoms with Crippen molar-refractivity contribution >= 4 is 40.6 Å². The predicted octanol–water partition coefficient (Wildman–Crippen LogP) is 2.56. The predicted molar refractivity (Wildman–Crippen MR) is 97.5 cm³/mol. The van der Waals surface area contributed by atoms with Gasteiger partial charge in [0, 0.05) is 0 Å². The molecule has 0 saturated carbocycles. The highest BCUT2D eigenvalue weighted by Gasteiger charge is 2.24. The summed E-state index contributed by atoms with van der Waals surface area (Å²) < 4.78 is 0. The van der Waals surface area contributed by atoms with Crippen LogP contribution in [0.4, 0.5) is 5.69 Å². The van der Waals surface area contributed by atoms with Crippen molar-refractivity contribution < 1.29 is 14.7 Å². The first-order chi connectivity index (χ1) is 11.9. The van der Waals surface area contributed by atoms with Crippen LogP contribution in [-0.4, -0.2) is 17.0 Å². The highest BCUT2D eigenvalue weighted by molar-refractivity contribution is 8.18. The number of aromatic carboxylic acids is 1. The van der Waals surface area contributed by atoms with Gasteiger partial charge in [0.2, 0.25) is 0 Å². The first kappa shape index (κ1) is 17.0. The van der Waals surface area contributed by atoms with Gasteiger partial charge in [0.15, 0.2) is 5.17 Å². The maximum atomic E-state index is 12.1. The Morgan fingerprint density at radius 1 is 1.12 bits per heavy atom. The van der Waals surface area contributed by atoms with Crippen molar-refractivity contribution in [2.24, 2.45) is 4.99 Å². The lowest BCUT2D eigenvalue weighted by molar-refractivity contribution is -0.255. The van der Waals surface area contributed by atoms with Gasteiger partial charge in [-0.05, 0) is 53.9 Å². The first-order valence-corrected chi connectivity index (χ1v) is 8.43. The number of aryl methyl sites for hydroxylation is 2. The number of hydrogen-bond acceptors (Lipinski definition) is 5. The largest absolute Gasteiger partial charge is 0.545 e. The van der Waals surface area contributed by atoms with E-state index in [1.54, 1.807) is 18.2 Å². The Bertz CT molecular complexity index is 895. The number of para-hydroxylation sites is 1. The molecule has 25 heavy (non-hydrogen) atoms. The molecule has 1 heterocycles. The SMILES string of the molecule is Cc1cccc(C)c1N=C1NC(=O)/C(=C\c2ccc(C(=O)[O-])cc2)S1. The van der Waals surface area contributed by atoms with Gasteiger partial charge < -0.3 is 15.2 Å². The Balaban J connectivity index is 1.85. The smallest absolute Gasteiger partial charge is 0.264 e. The summed E-state index contributed by atoms with van der Waals surface area (Å²) in [4.78, 5) is 28.0. The summed E-state index contributed by atoms with van der Waals surface area (Å²) in [6.07, 6.45) is 1.70. The van der Waals surface area contributed by atoms with Crippen LogP contribution in [0, 0.1) is 13.8 Å². The molecule has 1 amide bonds. The molecule has 0 aromatic heterocycles. The zero-order chi connectivity index (χ0) is 18.0. The van der Waals surface area contributed by atoms with Crippen LogP contribution >= 0.6 is 11.8 Å². The molecule has 3 rings (SSSR count). The number of carbonyl (C=O) groups is 2. The third-order valence-corrected chi connectivity index (χ3v) is 4.66. The molecule has 1 saturated heterocycles. The van der Waals surface area contributed by atoms with E-state index in [-0.39, 0.29) is 11.5 Å². The second kappa shape index (κ2) is 6.94. The van der Waals surface area contributed by atoms with Crippen LogP contribution in [0.2, 0.25) is 0 Å². The lowest BCUT2D eigenvalue weighted by Crippen LogP contribution is -2.21. The monoisotopic (exact) mass is 351 g/mol. The van der Waals surface area contributed by atoms with Gasteiger partial charge in [0.1, 0.15) is 0 Å². The van der Waals surface area contributed by atoms with Crippen LogP contribution < -0.4 is 10.4 Å². The normalized spacial score (nSPS) is 17.1. The molecule has 0 aliphatic carbocycles. The molecule has 0 atom stereocenters. The van der Waals surface area contributed by atoms with Crippen LogP contribution in [0.3, 0.4) is 0 Å². The van der Waals surface area contributed by atoms with Gasteiger partial charge >= 0.3 is 0 Å². The lowest BCUT2D eigenvalue weighted by atomic mass is 10.1. The molecule has 0 radical (unpaired) electrons. The van der Waals surface area contributed by atoms with Crippen molar-refractivity contribution in [3.8, 4) is 0 Å². The van der Waals surface area contributed by atoms with E-state index in [0.717, 1.165) is 22.4 Å². The minimum atomic E-state index is -1.23. The highest BCUT2D eigenvalue weighted by atomic mass is 32.2. The number of hydrogen-bond donors (Lipinski definition) is 1. The minimum absolute atomic E-state index is 0.1000. The summed E-state index contributed by atoms with van der Waals surface area (Å²) in [6.45, 7) is 3.95. The fourth-order valence-corrected chi connectivity index (χ4v) is 3.26. The van der Waals surface area contributed by atoms with Gasteiger partial charge in [-0.3, -0.25) is 4.79 Å². The third kappa shape index (κ3) is 3.80. The van der Waals surface area contributed by atoms with Gasteiger partial charge in [-0.1, -0.05) is 42.5 Å². The first-order valence-electron chi connectivity index (χ1n) is 7.61. The average molecular weight is 351 g/mol. The summed E-state index contributed by atoms with van der Waals surface area (Å²) in [7, 11) is 0. The van der Waals surface area contributed by atoms with Gasteiger partial charge in [0.25, 0.3) is 5.91 Å². The van der Waals surface area contributed by atoms with Crippen molar-refractivity contribution in [1.29, 1.82) is 0 Å². The van der Waals surface area contributed by atoms with Crippen LogP contribution in [-0.2, 0) is 4.79 Å². The Morgan fingerprint density at radius 2 is 1.76 bits per heavy atom. The maximum absolute atomic E-state index is 12.1. The Morgan fingerprint density at radius 3 is 2.36 bits per heavy atom. The summed E-state index contributed by atoms with van der Waals surface area (Å²) in [5, 5.41) is 14.1. The third-order valence-electron chi connectivity index (χ3n) is 3.75. The number of thioether (sulfide) groups is 1. The minimum Gasteiger partial charge on any atom is -0.545 e. The van der Waals surface area contributed by atoms with E-state index in [4.69, 9.17) is 0 Å².